The van der Waals surface area contributed by atoms with Gasteiger partial charge in [0.2, 0.25) is 0 Å². The molecule has 2 aromatic rings. The van der Waals surface area contributed by atoms with Crippen molar-refractivity contribution in [1.29, 1.82) is 0 Å². The van der Waals surface area contributed by atoms with Gasteiger partial charge in [0.15, 0.2) is 0 Å². The van der Waals surface area contributed by atoms with E-state index in [0.29, 0.717) is 24.7 Å². The van der Waals surface area contributed by atoms with Gasteiger partial charge in [-0.2, -0.15) is 0 Å². The lowest BCUT2D eigenvalue weighted by atomic mass is 9.55. The summed E-state index contributed by atoms with van der Waals surface area (Å²) in [5, 5.41) is 2.76. The summed E-state index contributed by atoms with van der Waals surface area (Å²) in [5.41, 5.74) is 4.99. The number of nitrogens with zero attached hydrogens (tertiary/aromatic N) is 2. The van der Waals surface area contributed by atoms with Gasteiger partial charge in [0.25, 0.3) is 18.4 Å². The molecule has 1 amide bonds. The van der Waals surface area contributed by atoms with Crippen LogP contribution in [0.1, 0.15) is 41.9 Å². The summed E-state index contributed by atoms with van der Waals surface area (Å²) in [5.74, 6) is 0.0937. The topological polar surface area (TPSA) is 108 Å². The van der Waals surface area contributed by atoms with Crippen molar-refractivity contribution in [2.45, 2.75) is 31.4 Å². The lowest BCUT2D eigenvalue weighted by molar-refractivity contribution is -0.247. The van der Waals surface area contributed by atoms with Gasteiger partial charge in [-0.15, -0.1) is 0 Å². The lowest BCUT2D eigenvalue weighted by Gasteiger charge is -2.61. The SMILES string of the molecule is CC1(C)Oc2ccc(NC(=O)c3ccc(C(F)F)cn3)cc2C2(COC(N)=N2)C12COC2. The molecule has 3 aliphatic rings. The number of nitrogens with one attached hydrogen (secondary N) is 1. The zero-order valence-electron chi connectivity index (χ0n) is 17.5. The third-order valence-electron chi connectivity index (χ3n) is 6.69. The molecule has 0 aliphatic carbocycles. The Morgan fingerprint density at radius 3 is 2.53 bits per heavy atom. The number of carbonyl (C=O) groups is 1. The monoisotopic (exact) mass is 444 g/mol. The number of hydrogen-bond acceptors (Lipinski definition) is 7. The molecule has 3 N–H and O–H groups in total. The number of anilines is 1. The molecule has 4 heterocycles. The van der Waals surface area contributed by atoms with E-state index < -0.39 is 28.9 Å². The van der Waals surface area contributed by atoms with E-state index in [1.165, 1.54) is 12.1 Å². The highest BCUT2D eigenvalue weighted by Gasteiger charge is 2.71. The van der Waals surface area contributed by atoms with Crippen molar-refractivity contribution in [3.05, 3.63) is 53.3 Å². The molecular formula is C22H22F2N4O4. The zero-order chi connectivity index (χ0) is 22.7. The molecule has 1 aromatic heterocycles. The predicted molar refractivity (Wildman–Crippen MR) is 111 cm³/mol. The first-order chi connectivity index (χ1) is 15.2. The average molecular weight is 444 g/mol. The van der Waals surface area contributed by atoms with E-state index in [1.54, 1.807) is 18.2 Å². The Kier molecular flexibility index (Phi) is 4.42. The number of ether oxygens (including phenoxy) is 3. The summed E-state index contributed by atoms with van der Waals surface area (Å²) in [6.07, 6.45) is -1.66. The number of rotatable bonds is 3. The predicted octanol–water partition coefficient (Wildman–Crippen LogP) is 3.00. The number of alkyl halides is 2. The maximum Gasteiger partial charge on any atom is 0.283 e. The fraction of sp³-hybridized carbons (Fsp3) is 0.409. The average Bonchev–Trinajstić information content (AvgIpc) is 3.09. The normalized spacial score (nSPS) is 24.3. The van der Waals surface area contributed by atoms with Crippen molar-refractivity contribution >= 4 is 17.6 Å². The van der Waals surface area contributed by atoms with Gasteiger partial charge in [-0.1, -0.05) is 0 Å². The first-order valence-corrected chi connectivity index (χ1v) is 10.1. The first kappa shape index (κ1) is 20.6. The minimum atomic E-state index is -2.65. The quantitative estimate of drug-likeness (QED) is 0.754. The molecule has 1 atom stereocenters. The summed E-state index contributed by atoms with van der Waals surface area (Å²) in [4.78, 5) is 21.2. The number of amidine groups is 1. The highest BCUT2D eigenvalue weighted by molar-refractivity contribution is 6.03. The third-order valence-corrected chi connectivity index (χ3v) is 6.69. The Labute approximate surface area is 182 Å². The maximum absolute atomic E-state index is 12.7. The Bertz CT molecular complexity index is 1120. The molecule has 1 fully saturated rings. The molecule has 1 saturated heterocycles. The van der Waals surface area contributed by atoms with E-state index in [-0.39, 0.29) is 23.9 Å². The van der Waals surface area contributed by atoms with E-state index in [1.807, 2.05) is 13.8 Å². The third kappa shape index (κ3) is 2.78. The van der Waals surface area contributed by atoms with Crippen molar-refractivity contribution in [3.63, 3.8) is 0 Å². The minimum Gasteiger partial charge on any atom is -0.487 e. The Morgan fingerprint density at radius 2 is 1.97 bits per heavy atom. The summed E-state index contributed by atoms with van der Waals surface area (Å²) in [6, 6.07) is 7.78. The molecule has 10 heteroatoms. The first-order valence-electron chi connectivity index (χ1n) is 10.1. The van der Waals surface area contributed by atoms with Gasteiger partial charge in [0.05, 0.1) is 18.6 Å². The second-order valence-electron chi connectivity index (χ2n) is 8.73. The molecule has 8 nitrogen and oxygen atoms in total. The molecule has 1 unspecified atom stereocenters. The van der Waals surface area contributed by atoms with E-state index in [4.69, 9.17) is 24.9 Å². The van der Waals surface area contributed by atoms with Crippen LogP contribution in [0.3, 0.4) is 0 Å². The van der Waals surface area contributed by atoms with Crippen LogP contribution >= 0.6 is 0 Å². The number of carbonyl (C=O) groups excluding carboxylic acids is 1. The van der Waals surface area contributed by atoms with Gasteiger partial charge in [0.1, 0.15) is 29.2 Å². The van der Waals surface area contributed by atoms with Gasteiger partial charge in [-0.05, 0) is 44.2 Å². The number of fused-ring (bicyclic) bond motifs is 3. The number of hydrogen-bond donors (Lipinski definition) is 2. The van der Waals surface area contributed by atoms with Crippen LogP contribution < -0.4 is 15.8 Å². The highest BCUT2D eigenvalue weighted by atomic mass is 19.3. The second kappa shape index (κ2) is 6.86. The van der Waals surface area contributed by atoms with Gasteiger partial charge in [-0.3, -0.25) is 9.78 Å². The summed E-state index contributed by atoms with van der Waals surface area (Å²) in [6.45, 7) is 5.08. The summed E-state index contributed by atoms with van der Waals surface area (Å²) < 4.78 is 43.0. The molecule has 1 aromatic carbocycles. The molecule has 0 saturated carbocycles. The minimum absolute atomic E-state index is 0.0227. The van der Waals surface area contributed by atoms with E-state index in [2.05, 4.69) is 10.3 Å². The van der Waals surface area contributed by atoms with Crippen molar-refractivity contribution in [2.75, 3.05) is 25.1 Å². The highest BCUT2D eigenvalue weighted by Crippen LogP contribution is 2.62. The molecule has 0 bridgehead atoms. The summed E-state index contributed by atoms with van der Waals surface area (Å²) in [7, 11) is 0. The molecule has 0 radical (unpaired) electrons. The van der Waals surface area contributed by atoms with Crippen LogP contribution in [-0.2, 0) is 15.0 Å². The van der Waals surface area contributed by atoms with Crippen LogP contribution in [0.25, 0.3) is 0 Å². The van der Waals surface area contributed by atoms with Gasteiger partial charge >= 0.3 is 0 Å². The summed E-state index contributed by atoms with van der Waals surface area (Å²) >= 11 is 0. The van der Waals surface area contributed by atoms with Crippen molar-refractivity contribution in [3.8, 4) is 5.75 Å². The molecule has 3 aliphatic heterocycles. The fourth-order valence-corrected chi connectivity index (χ4v) is 4.72. The number of halogens is 2. The van der Waals surface area contributed by atoms with Crippen LogP contribution in [0.2, 0.25) is 0 Å². The van der Waals surface area contributed by atoms with E-state index in [0.717, 1.165) is 11.8 Å². The van der Waals surface area contributed by atoms with Crippen LogP contribution in [0.4, 0.5) is 14.5 Å². The van der Waals surface area contributed by atoms with Crippen molar-refractivity contribution in [2.24, 2.45) is 16.1 Å². The van der Waals surface area contributed by atoms with Crippen LogP contribution in [0.5, 0.6) is 5.75 Å². The number of nitrogens with two attached hydrogens (primary N) is 1. The van der Waals surface area contributed by atoms with Crippen LogP contribution in [0.15, 0.2) is 41.5 Å². The van der Waals surface area contributed by atoms with Crippen LogP contribution in [-0.4, -0.2) is 42.3 Å². The van der Waals surface area contributed by atoms with E-state index >= 15 is 0 Å². The molecule has 5 rings (SSSR count). The van der Waals surface area contributed by atoms with E-state index in [9.17, 15) is 13.6 Å². The van der Waals surface area contributed by atoms with Gasteiger partial charge in [0, 0.05) is 23.0 Å². The zero-order valence-corrected chi connectivity index (χ0v) is 17.5. The van der Waals surface area contributed by atoms with Gasteiger partial charge < -0.3 is 25.3 Å². The van der Waals surface area contributed by atoms with Crippen molar-refractivity contribution < 1.29 is 27.8 Å². The standard InChI is InChI=1S/C22H22F2N4O4/c1-20(2)21(9-30-10-21)22(11-31-19(25)28-22)14-7-13(4-6-16(14)32-20)27-18(29)15-5-3-12(8-26-15)17(23)24/h3-8,17H,9-11H2,1-2H3,(H2,25,28)(H,27,29). The number of benzene rings is 1. The lowest BCUT2D eigenvalue weighted by Crippen LogP contribution is -2.71. The smallest absolute Gasteiger partial charge is 0.283 e. The Hall–Kier alpha value is -3.27. The fourth-order valence-electron chi connectivity index (χ4n) is 4.72. The number of aromatic nitrogens is 1. The number of amides is 1. The Balaban J connectivity index is 1.51. The largest absolute Gasteiger partial charge is 0.487 e. The van der Waals surface area contributed by atoms with Crippen LogP contribution in [0, 0.1) is 5.41 Å². The molecule has 168 valence electrons. The maximum atomic E-state index is 12.7. The van der Waals surface area contributed by atoms with Gasteiger partial charge in [-0.25, -0.2) is 13.8 Å². The number of pyridine rings is 1. The van der Waals surface area contributed by atoms with Crippen molar-refractivity contribution in [1.82, 2.24) is 4.98 Å². The molecule has 32 heavy (non-hydrogen) atoms. The number of aliphatic imine (C=N–C) groups is 1. The molecular weight excluding hydrogens is 422 g/mol. The molecule has 2 spiro atoms. The Morgan fingerprint density at radius 1 is 1.19 bits per heavy atom. The second-order valence-corrected chi connectivity index (χ2v) is 8.73.